The molecule has 0 saturated carbocycles. The van der Waals surface area contributed by atoms with E-state index in [1.54, 1.807) is 0 Å². The Morgan fingerprint density at radius 2 is 1.67 bits per heavy atom. The van der Waals surface area contributed by atoms with E-state index in [-0.39, 0.29) is 23.4 Å². The van der Waals surface area contributed by atoms with Gasteiger partial charge >= 0.3 is 0 Å². The highest BCUT2D eigenvalue weighted by molar-refractivity contribution is 6.03. The van der Waals surface area contributed by atoms with Gasteiger partial charge in [0.25, 0.3) is 0 Å². The van der Waals surface area contributed by atoms with Crippen LogP contribution in [0.25, 0.3) is 0 Å². The summed E-state index contributed by atoms with van der Waals surface area (Å²) >= 11 is 0. The molecule has 1 fully saturated rings. The maximum atomic E-state index is 12.6. The molecule has 6 nitrogen and oxygen atoms in total. The molecule has 1 aromatic rings. The van der Waals surface area contributed by atoms with Gasteiger partial charge in [0, 0.05) is 43.4 Å². The third-order valence-electron chi connectivity index (χ3n) is 4.61. The number of nitrogens with zero attached hydrogens (tertiary/aromatic N) is 2. The Kier molecular flexibility index (Phi) is 5.59. The van der Waals surface area contributed by atoms with Gasteiger partial charge in [0.05, 0.1) is 12.2 Å². The highest BCUT2D eigenvalue weighted by Gasteiger charge is 2.26. The topological polar surface area (TPSA) is 73.5 Å². The number of hydrogen-bond acceptors (Lipinski definition) is 4. The number of piperazine rings is 1. The van der Waals surface area contributed by atoms with Crippen LogP contribution in [0.1, 0.15) is 52.9 Å². The number of Topliss-reactive ketones (excluding diaryl/α,β-unsaturated/α-hetero) is 2. The molecule has 1 N–H and O–H groups in total. The maximum absolute atomic E-state index is 12.6. The molecule has 0 radical (unpaired) electrons. The smallest absolute Gasteiger partial charge is 0.225 e. The number of aromatic amines is 1. The van der Waals surface area contributed by atoms with Crippen molar-refractivity contribution in [3.8, 4) is 0 Å². The minimum absolute atomic E-state index is 0.00715. The second kappa shape index (κ2) is 7.30. The standard InChI is InChI=1S/C18H27N3O3/c1-11(2)18(24)21-8-6-20(7-9-21)10-15(23)17-12(3)16(14(5)22)13(4)19-17/h11,19H,6-10H2,1-5H3. The Labute approximate surface area is 143 Å². The van der Waals surface area contributed by atoms with E-state index in [0.29, 0.717) is 44.0 Å². The zero-order valence-corrected chi connectivity index (χ0v) is 15.2. The van der Waals surface area contributed by atoms with Gasteiger partial charge in [-0.05, 0) is 26.3 Å². The molecule has 1 aliphatic heterocycles. The summed E-state index contributed by atoms with van der Waals surface area (Å²) in [6, 6.07) is 0. The van der Waals surface area contributed by atoms with Crippen molar-refractivity contribution in [2.75, 3.05) is 32.7 Å². The molecule has 0 aromatic carbocycles. The van der Waals surface area contributed by atoms with Crippen molar-refractivity contribution in [1.82, 2.24) is 14.8 Å². The molecule has 2 rings (SSSR count). The van der Waals surface area contributed by atoms with E-state index in [2.05, 4.69) is 9.88 Å². The van der Waals surface area contributed by atoms with Crippen LogP contribution in [0.3, 0.4) is 0 Å². The molecule has 0 bridgehead atoms. The third kappa shape index (κ3) is 3.75. The lowest BCUT2D eigenvalue weighted by molar-refractivity contribution is -0.136. The Bertz CT molecular complexity index is 653. The predicted octanol–water partition coefficient (Wildman–Crippen LogP) is 1.82. The highest BCUT2D eigenvalue weighted by Crippen LogP contribution is 2.19. The van der Waals surface area contributed by atoms with Crippen LogP contribution in [0.5, 0.6) is 0 Å². The number of ketones is 2. The summed E-state index contributed by atoms with van der Waals surface area (Å²) < 4.78 is 0. The lowest BCUT2D eigenvalue weighted by atomic mass is 10.1. The second-order valence-corrected chi connectivity index (χ2v) is 6.86. The average Bonchev–Trinajstić information content (AvgIpc) is 2.82. The van der Waals surface area contributed by atoms with E-state index in [9.17, 15) is 14.4 Å². The largest absolute Gasteiger partial charge is 0.355 e. The Morgan fingerprint density at radius 3 is 2.12 bits per heavy atom. The molecule has 1 aliphatic rings. The normalized spacial score (nSPS) is 15.8. The maximum Gasteiger partial charge on any atom is 0.225 e. The lowest BCUT2D eigenvalue weighted by Gasteiger charge is -2.35. The van der Waals surface area contributed by atoms with E-state index in [4.69, 9.17) is 0 Å². The molecule has 2 heterocycles. The van der Waals surface area contributed by atoms with Gasteiger partial charge < -0.3 is 9.88 Å². The van der Waals surface area contributed by atoms with Gasteiger partial charge in [0.2, 0.25) is 5.91 Å². The number of carbonyl (C=O) groups is 3. The van der Waals surface area contributed by atoms with Crippen molar-refractivity contribution >= 4 is 17.5 Å². The predicted molar refractivity (Wildman–Crippen MR) is 92.5 cm³/mol. The van der Waals surface area contributed by atoms with Gasteiger partial charge in [-0.1, -0.05) is 13.8 Å². The molecule has 132 valence electrons. The molecular weight excluding hydrogens is 306 g/mol. The van der Waals surface area contributed by atoms with Crippen LogP contribution in [-0.4, -0.2) is 65.0 Å². The van der Waals surface area contributed by atoms with Crippen LogP contribution in [-0.2, 0) is 4.79 Å². The third-order valence-corrected chi connectivity index (χ3v) is 4.61. The van der Waals surface area contributed by atoms with Crippen LogP contribution >= 0.6 is 0 Å². The van der Waals surface area contributed by atoms with Crippen LogP contribution < -0.4 is 0 Å². The fraction of sp³-hybridized carbons (Fsp3) is 0.611. The van der Waals surface area contributed by atoms with Gasteiger partial charge in [-0.25, -0.2) is 0 Å². The van der Waals surface area contributed by atoms with Crippen molar-refractivity contribution in [1.29, 1.82) is 0 Å². The molecule has 0 atom stereocenters. The van der Waals surface area contributed by atoms with E-state index in [1.165, 1.54) is 6.92 Å². The zero-order chi connectivity index (χ0) is 18.0. The summed E-state index contributed by atoms with van der Waals surface area (Å²) in [6.07, 6.45) is 0. The molecule has 0 spiro atoms. The van der Waals surface area contributed by atoms with Gasteiger partial charge in [0.15, 0.2) is 11.6 Å². The van der Waals surface area contributed by atoms with Crippen molar-refractivity contribution in [2.24, 2.45) is 5.92 Å². The minimum atomic E-state index is -0.0267. The first-order valence-corrected chi connectivity index (χ1v) is 8.46. The number of carbonyl (C=O) groups excluding carboxylic acids is 3. The van der Waals surface area contributed by atoms with Gasteiger partial charge in [-0.15, -0.1) is 0 Å². The molecule has 0 aliphatic carbocycles. The monoisotopic (exact) mass is 333 g/mol. The van der Waals surface area contributed by atoms with Crippen LogP contribution in [0.2, 0.25) is 0 Å². The van der Waals surface area contributed by atoms with Crippen LogP contribution in [0.4, 0.5) is 0 Å². The van der Waals surface area contributed by atoms with Crippen LogP contribution in [0.15, 0.2) is 0 Å². The summed E-state index contributed by atoms with van der Waals surface area (Å²) in [5, 5.41) is 0. The average molecular weight is 333 g/mol. The van der Waals surface area contributed by atoms with Crippen molar-refractivity contribution < 1.29 is 14.4 Å². The quantitative estimate of drug-likeness (QED) is 0.834. The van der Waals surface area contributed by atoms with E-state index < -0.39 is 0 Å². The first-order valence-electron chi connectivity index (χ1n) is 8.46. The molecule has 0 unspecified atom stereocenters. The first-order chi connectivity index (χ1) is 11.2. The Morgan fingerprint density at radius 1 is 1.08 bits per heavy atom. The number of hydrogen-bond donors (Lipinski definition) is 1. The molecule has 6 heteroatoms. The Balaban J connectivity index is 1.99. The summed E-state index contributed by atoms with van der Waals surface area (Å²) in [4.78, 5) is 43.3. The van der Waals surface area contributed by atoms with Gasteiger partial charge in [-0.2, -0.15) is 0 Å². The molecule has 1 aromatic heterocycles. The first kappa shape index (κ1) is 18.4. The fourth-order valence-corrected chi connectivity index (χ4v) is 3.33. The number of rotatable bonds is 5. The molecular formula is C18H27N3O3. The van der Waals surface area contributed by atoms with Crippen LogP contribution in [0, 0.1) is 19.8 Å². The van der Waals surface area contributed by atoms with Gasteiger partial charge in [0.1, 0.15) is 0 Å². The molecule has 1 saturated heterocycles. The highest BCUT2D eigenvalue weighted by atomic mass is 16.2. The molecule has 24 heavy (non-hydrogen) atoms. The number of amides is 1. The van der Waals surface area contributed by atoms with E-state index in [0.717, 1.165) is 11.3 Å². The zero-order valence-electron chi connectivity index (χ0n) is 15.2. The lowest BCUT2D eigenvalue weighted by Crippen LogP contribution is -2.50. The van der Waals surface area contributed by atoms with Crippen molar-refractivity contribution in [3.63, 3.8) is 0 Å². The SMILES string of the molecule is CC(=O)c1c(C)[nH]c(C(=O)CN2CCN(C(=O)C(C)C)CC2)c1C. The fourth-order valence-electron chi connectivity index (χ4n) is 3.33. The van der Waals surface area contributed by atoms with Crippen molar-refractivity contribution in [2.45, 2.75) is 34.6 Å². The number of aromatic nitrogens is 1. The van der Waals surface area contributed by atoms with Gasteiger partial charge in [-0.3, -0.25) is 19.3 Å². The number of H-pyrrole nitrogens is 1. The summed E-state index contributed by atoms with van der Waals surface area (Å²) in [7, 11) is 0. The number of aryl methyl sites for hydroxylation is 1. The summed E-state index contributed by atoms with van der Waals surface area (Å²) in [5.74, 6) is 0.142. The number of nitrogens with one attached hydrogen (secondary N) is 1. The van der Waals surface area contributed by atoms with E-state index in [1.807, 2.05) is 32.6 Å². The second-order valence-electron chi connectivity index (χ2n) is 6.86. The summed E-state index contributed by atoms with van der Waals surface area (Å²) in [6.45, 7) is 12.0. The molecule has 1 amide bonds. The summed E-state index contributed by atoms with van der Waals surface area (Å²) in [5.41, 5.74) is 2.62. The minimum Gasteiger partial charge on any atom is -0.355 e. The Hall–Kier alpha value is -1.95. The van der Waals surface area contributed by atoms with Crippen molar-refractivity contribution in [3.05, 3.63) is 22.5 Å². The van der Waals surface area contributed by atoms with E-state index >= 15 is 0 Å².